The third kappa shape index (κ3) is 4.06. The van der Waals surface area contributed by atoms with Gasteiger partial charge in [0.2, 0.25) is 0 Å². The molecule has 0 radical (unpaired) electrons. The topological polar surface area (TPSA) is 74.6 Å². The fraction of sp³-hybridized carbons (Fsp3) is 0.375. The van der Waals surface area contributed by atoms with Gasteiger partial charge in [0.25, 0.3) is 5.91 Å². The molecule has 172 valence electrons. The highest BCUT2D eigenvalue weighted by molar-refractivity contribution is 7.19. The van der Waals surface area contributed by atoms with Crippen molar-refractivity contribution in [2.45, 2.75) is 39.7 Å². The van der Waals surface area contributed by atoms with Crippen molar-refractivity contribution in [2.24, 2.45) is 0 Å². The quantitative estimate of drug-likeness (QED) is 0.441. The van der Waals surface area contributed by atoms with Crippen LogP contribution < -0.4 is 15.5 Å². The predicted octanol–water partition coefficient (Wildman–Crippen LogP) is 4.39. The van der Waals surface area contributed by atoms with Crippen LogP contribution >= 0.6 is 11.3 Å². The minimum atomic E-state index is -0.479. The number of benzene rings is 1. The second kappa shape index (κ2) is 8.72. The molecular formula is C24H27FN6OS. The van der Waals surface area contributed by atoms with E-state index in [0.717, 1.165) is 47.9 Å². The van der Waals surface area contributed by atoms with Crippen LogP contribution in [0.25, 0.3) is 15.9 Å². The highest BCUT2D eigenvalue weighted by Gasteiger charge is 2.26. The summed E-state index contributed by atoms with van der Waals surface area (Å²) in [7, 11) is 0. The Hall–Kier alpha value is -3.04. The van der Waals surface area contributed by atoms with Gasteiger partial charge in [-0.15, -0.1) is 11.3 Å². The maximum absolute atomic E-state index is 14.5. The Morgan fingerprint density at radius 1 is 1.27 bits per heavy atom. The van der Waals surface area contributed by atoms with E-state index >= 15 is 0 Å². The Bertz CT molecular complexity index is 1350. The second-order valence-electron chi connectivity index (χ2n) is 8.40. The molecule has 0 spiro atoms. The van der Waals surface area contributed by atoms with Gasteiger partial charge in [-0.25, -0.2) is 14.4 Å². The Balaban J connectivity index is 1.48. The van der Waals surface area contributed by atoms with Gasteiger partial charge in [-0.3, -0.25) is 4.79 Å². The lowest BCUT2D eigenvalue weighted by molar-refractivity contribution is 0.102. The highest BCUT2D eigenvalue weighted by Crippen LogP contribution is 2.36. The van der Waals surface area contributed by atoms with Gasteiger partial charge < -0.3 is 19.9 Å². The molecule has 3 aromatic heterocycles. The average Bonchev–Trinajstić information content (AvgIpc) is 3.51. The normalized spacial score (nSPS) is 16.2. The van der Waals surface area contributed by atoms with Crippen LogP contribution in [0.3, 0.4) is 0 Å². The van der Waals surface area contributed by atoms with Gasteiger partial charge >= 0.3 is 0 Å². The molecule has 5 rings (SSSR count). The van der Waals surface area contributed by atoms with Crippen molar-refractivity contribution in [3.63, 3.8) is 0 Å². The maximum Gasteiger partial charge on any atom is 0.257 e. The summed E-state index contributed by atoms with van der Waals surface area (Å²) < 4.78 is 17.1. The molecule has 1 saturated heterocycles. The molecule has 1 unspecified atom stereocenters. The van der Waals surface area contributed by atoms with Crippen molar-refractivity contribution in [2.75, 3.05) is 29.9 Å². The second-order valence-corrected chi connectivity index (χ2v) is 9.49. The van der Waals surface area contributed by atoms with E-state index in [2.05, 4.69) is 34.4 Å². The number of likely N-dealkylation sites (N-methyl/N-ethyl adjacent to an activating group) is 1. The largest absolute Gasteiger partial charge is 0.369 e. The number of carbonyl (C=O) groups excluding carboxylic acids is 1. The number of thiazole rings is 1. The zero-order chi connectivity index (χ0) is 23.1. The van der Waals surface area contributed by atoms with E-state index in [9.17, 15) is 9.18 Å². The van der Waals surface area contributed by atoms with Crippen LogP contribution in [0, 0.1) is 12.7 Å². The van der Waals surface area contributed by atoms with E-state index in [0.29, 0.717) is 28.5 Å². The molecule has 1 amide bonds. The monoisotopic (exact) mass is 466 g/mol. The summed E-state index contributed by atoms with van der Waals surface area (Å²) in [5.74, 6) is -0.783. The molecule has 4 aromatic rings. The van der Waals surface area contributed by atoms with Crippen molar-refractivity contribution in [3.05, 3.63) is 52.7 Å². The van der Waals surface area contributed by atoms with Crippen molar-refractivity contribution in [3.8, 4) is 0 Å². The number of carbonyl (C=O) groups is 1. The summed E-state index contributed by atoms with van der Waals surface area (Å²) >= 11 is 1.64. The van der Waals surface area contributed by atoms with Crippen molar-refractivity contribution < 1.29 is 9.18 Å². The molecule has 0 bridgehead atoms. The summed E-state index contributed by atoms with van der Waals surface area (Å²) in [6.45, 7) is 8.87. The predicted molar refractivity (Wildman–Crippen MR) is 131 cm³/mol. The highest BCUT2D eigenvalue weighted by atomic mass is 32.1. The first kappa shape index (κ1) is 21.8. The molecule has 1 aliphatic heterocycles. The first-order valence-electron chi connectivity index (χ1n) is 11.3. The molecule has 1 aliphatic rings. The van der Waals surface area contributed by atoms with E-state index < -0.39 is 5.82 Å². The van der Waals surface area contributed by atoms with Gasteiger partial charge in [0.05, 0.1) is 37.9 Å². The molecule has 1 aromatic carbocycles. The molecule has 7 nitrogen and oxygen atoms in total. The summed E-state index contributed by atoms with van der Waals surface area (Å²) in [5.41, 5.74) is 3.65. The molecule has 33 heavy (non-hydrogen) atoms. The number of hydrogen-bond donors (Lipinski definition) is 2. The number of rotatable bonds is 6. The number of halogens is 1. The molecular weight excluding hydrogens is 439 g/mol. The third-order valence-electron chi connectivity index (χ3n) is 6.02. The van der Waals surface area contributed by atoms with Crippen LogP contribution in [0.1, 0.15) is 41.3 Å². The zero-order valence-corrected chi connectivity index (χ0v) is 19.8. The van der Waals surface area contributed by atoms with Crippen molar-refractivity contribution >= 4 is 44.5 Å². The molecule has 0 aliphatic carbocycles. The Kier molecular flexibility index (Phi) is 5.76. The van der Waals surface area contributed by atoms with Crippen LogP contribution in [0.15, 0.2) is 30.6 Å². The van der Waals surface area contributed by atoms with Gasteiger partial charge in [0.1, 0.15) is 0 Å². The van der Waals surface area contributed by atoms with Gasteiger partial charge in [-0.2, -0.15) is 0 Å². The van der Waals surface area contributed by atoms with Gasteiger partial charge in [-0.05, 0) is 38.4 Å². The molecule has 4 heterocycles. The average molecular weight is 467 g/mol. The van der Waals surface area contributed by atoms with E-state index in [-0.39, 0.29) is 11.6 Å². The number of amides is 1. The summed E-state index contributed by atoms with van der Waals surface area (Å²) in [6.07, 6.45) is 5.30. The number of nitrogens with one attached hydrogen (secondary N) is 2. The molecule has 1 fully saturated rings. The number of aryl methyl sites for hydroxylation is 2. The molecule has 1 atom stereocenters. The fourth-order valence-corrected chi connectivity index (χ4v) is 5.57. The first-order valence-corrected chi connectivity index (χ1v) is 12.2. The number of anilines is 2. The standard InChI is InChI=1S/C24H27FN6OS/c1-4-20-29-21-17(6-7-19(22(21)33-20)30-9-8-15(12-30)26-5-2)24(32)28-16-10-18(25)23-27-14(3)11-31(23)13-16/h6-7,10-11,13,15,26H,4-5,8-9,12H2,1-3H3,(H,28,32). The van der Waals surface area contributed by atoms with Crippen LogP contribution in [0.4, 0.5) is 15.8 Å². The lowest BCUT2D eigenvalue weighted by atomic mass is 10.1. The number of hydrogen-bond acceptors (Lipinski definition) is 6. The van der Waals surface area contributed by atoms with Crippen LogP contribution in [-0.2, 0) is 6.42 Å². The summed E-state index contributed by atoms with van der Waals surface area (Å²) in [4.78, 5) is 24.5. The number of fused-ring (bicyclic) bond motifs is 2. The smallest absolute Gasteiger partial charge is 0.257 e. The Morgan fingerprint density at radius 3 is 2.91 bits per heavy atom. The number of pyridine rings is 1. The summed E-state index contributed by atoms with van der Waals surface area (Å²) in [5, 5.41) is 7.37. The number of nitrogens with zero attached hydrogens (tertiary/aromatic N) is 4. The zero-order valence-electron chi connectivity index (χ0n) is 19.0. The first-order chi connectivity index (χ1) is 16.0. The third-order valence-corrected chi connectivity index (χ3v) is 7.24. The van der Waals surface area contributed by atoms with Crippen LogP contribution in [0.5, 0.6) is 0 Å². The molecule has 0 saturated carbocycles. The minimum Gasteiger partial charge on any atom is -0.369 e. The fourth-order valence-electron chi connectivity index (χ4n) is 4.50. The number of aromatic nitrogens is 3. The van der Waals surface area contributed by atoms with E-state index in [1.165, 1.54) is 6.07 Å². The Labute approximate surface area is 195 Å². The van der Waals surface area contributed by atoms with Crippen molar-refractivity contribution in [1.29, 1.82) is 0 Å². The molecule has 9 heteroatoms. The number of imidazole rings is 1. The van der Waals surface area contributed by atoms with E-state index in [1.807, 2.05) is 12.1 Å². The van der Waals surface area contributed by atoms with Gasteiger partial charge in [0, 0.05) is 37.6 Å². The SMILES string of the molecule is CCNC1CCN(c2ccc(C(=O)Nc3cc(F)c4nc(C)cn4c3)c3nc(CC)sc23)C1. The van der Waals surface area contributed by atoms with Crippen LogP contribution in [0.2, 0.25) is 0 Å². The minimum absolute atomic E-state index is 0.241. The van der Waals surface area contributed by atoms with E-state index in [4.69, 9.17) is 4.98 Å². The van der Waals surface area contributed by atoms with Gasteiger partial charge in [0.15, 0.2) is 11.5 Å². The lowest BCUT2D eigenvalue weighted by Gasteiger charge is -2.20. The van der Waals surface area contributed by atoms with Gasteiger partial charge in [-0.1, -0.05) is 13.8 Å². The van der Waals surface area contributed by atoms with Crippen LogP contribution in [-0.4, -0.2) is 46.0 Å². The summed E-state index contributed by atoms with van der Waals surface area (Å²) in [6, 6.07) is 5.63. The Morgan fingerprint density at radius 2 is 2.12 bits per heavy atom. The molecule has 2 N–H and O–H groups in total. The lowest BCUT2D eigenvalue weighted by Crippen LogP contribution is -2.32. The van der Waals surface area contributed by atoms with E-state index in [1.54, 1.807) is 35.1 Å². The van der Waals surface area contributed by atoms with Crippen molar-refractivity contribution in [1.82, 2.24) is 19.7 Å². The maximum atomic E-state index is 14.5.